The summed E-state index contributed by atoms with van der Waals surface area (Å²) in [5.74, 6) is 0. The van der Waals surface area contributed by atoms with Gasteiger partial charge >= 0.3 is 6.01 Å². The Bertz CT molecular complexity index is 258. The van der Waals surface area contributed by atoms with Gasteiger partial charge in [-0.1, -0.05) is 0 Å². The molecular formula is C8H13N3OS. The molecule has 4 nitrogen and oxygen atoms in total. The molecule has 1 rings (SSSR count). The van der Waals surface area contributed by atoms with E-state index in [1.165, 1.54) is 0 Å². The lowest BCUT2D eigenvalue weighted by atomic mass is 10.3. The van der Waals surface area contributed by atoms with Gasteiger partial charge in [-0.15, -0.1) is 11.8 Å². The Morgan fingerprint density at radius 1 is 1.54 bits per heavy atom. The number of nitrogens with two attached hydrogens (primary N) is 1. The number of hydrogen-bond acceptors (Lipinski definition) is 5. The van der Waals surface area contributed by atoms with Gasteiger partial charge in [0.2, 0.25) is 0 Å². The summed E-state index contributed by atoms with van der Waals surface area (Å²) in [5, 5.41) is 0.912. The summed E-state index contributed by atoms with van der Waals surface area (Å²) in [6.45, 7) is 0.591. The minimum atomic E-state index is 0.412. The molecule has 1 aromatic rings. The highest BCUT2D eigenvalue weighted by Gasteiger charge is 2.02. The zero-order chi connectivity index (χ0) is 9.68. The zero-order valence-electron chi connectivity index (χ0n) is 7.78. The molecule has 0 aliphatic carbocycles. The summed E-state index contributed by atoms with van der Waals surface area (Å²) in [6.07, 6.45) is 2.72. The van der Waals surface area contributed by atoms with Gasteiger partial charge in [0.15, 0.2) is 0 Å². The van der Waals surface area contributed by atoms with Crippen molar-refractivity contribution in [3.05, 3.63) is 11.8 Å². The van der Waals surface area contributed by atoms with E-state index in [1.54, 1.807) is 18.9 Å². The van der Waals surface area contributed by atoms with Crippen molar-refractivity contribution in [2.24, 2.45) is 5.73 Å². The molecule has 0 saturated heterocycles. The lowest BCUT2D eigenvalue weighted by Gasteiger charge is -2.03. The van der Waals surface area contributed by atoms with Crippen LogP contribution < -0.4 is 10.5 Å². The maximum absolute atomic E-state index is 5.44. The summed E-state index contributed by atoms with van der Waals surface area (Å²) in [6, 6.07) is 2.34. The molecule has 0 atom stereocenters. The fraction of sp³-hybridized carbons (Fsp3) is 0.500. The largest absolute Gasteiger partial charge is 0.467 e. The zero-order valence-corrected chi connectivity index (χ0v) is 8.60. The molecule has 0 amide bonds. The highest BCUT2D eigenvalue weighted by atomic mass is 32.2. The Morgan fingerprint density at radius 2 is 2.31 bits per heavy atom. The number of aromatic nitrogens is 2. The van der Waals surface area contributed by atoms with Crippen LogP contribution in [0.15, 0.2) is 11.1 Å². The standard InChI is InChI=1S/C8H13N3OS/c1-12-8-10-6(3-4-9)5-7(11-8)13-2/h5H,3-4,9H2,1-2H3. The van der Waals surface area contributed by atoms with E-state index in [0.717, 1.165) is 17.1 Å². The van der Waals surface area contributed by atoms with Crippen LogP contribution in [0.25, 0.3) is 0 Å². The molecule has 13 heavy (non-hydrogen) atoms. The maximum atomic E-state index is 5.44. The Kier molecular flexibility index (Phi) is 3.98. The van der Waals surface area contributed by atoms with Crippen LogP contribution in [0, 0.1) is 0 Å². The summed E-state index contributed by atoms with van der Waals surface area (Å²) in [4.78, 5) is 8.30. The molecule has 0 unspecified atom stereocenters. The first-order valence-corrected chi connectivity index (χ1v) is 5.18. The summed E-state index contributed by atoms with van der Waals surface area (Å²) in [5.41, 5.74) is 6.36. The normalized spacial score (nSPS) is 10.1. The lowest BCUT2D eigenvalue weighted by molar-refractivity contribution is 0.374. The quantitative estimate of drug-likeness (QED) is 0.571. The first-order valence-electron chi connectivity index (χ1n) is 3.96. The average Bonchev–Trinajstić information content (AvgIpc) is 2.17. The molecule has 0 aliphatic rings. The summed E-state index contributed by atoms with van der Waals surface area (Å²) < 4.78 is 4.97. The van der Waals surface area contributed by atoms with Gasteiger partial charge in [-0.05, 0) is 18.9 Å². The minimum Gasteiger partial charge on any atom is -0.467 e. The Balaban J connectivity index is 2.93. The van der Waals surface area contributed by atoms with Crippen LogP contribution in [0.2, 0.25) is 0 Å². The second-order valence-electron chi connectivity index (χ2n) is 2.43. The van der Waals surface area contributed by atoms with E-state index in [0.29, 0.717) is 12.6 Å². The second-order valence-corrected chi connectivity index (χ2v) is 3.25. The topological polar surface area (TPSA) is 61.0 Å². The number of ether oxygens (including phenoxy) is 1. The van der Waals surface area contributed by atoms with Crippen molar-refractivity contribution in [3.8, 4) is 6.01 Å². The molecular weight excluding hydrogens is 186 g/mol. The van der Waals surface area contributed by atoms with Crippen LogP contribution in [0.3, 0.4) is 0 Å². The number of rotatable bonds is 4. The van der Waals surface area contributed by atoms with Gasteiger partial charge in [-0.3, -0.25) is 0 Å². The van der Waals surface area contributed by atoms with Crippen molar-refractivity contribution in [1.82, 2.24) is 9.97 Å². The van der Waals surface area contributed by atoms with Gasteiger partial charge in [-0.25, -0.2) is 4.98 Å². The SMILES string of the molecule is COc1nc(CCN)cc(SC)n1. The van der Waals surface area contributed by atoms with E-state index in [-0.39, 0.29) is 0 Å². The van der Waals surface area contributed by atoms with Gasteiger partial charge in [-0.2, -0.15) is 4.98 Å². The van der Waals surface area contributed by atoms with E-state index in [9.17, 15) is 0 Å². The van der Waals surface area contributed by atoms with Crippen molar-refractivity contribution >= 4 is 11.8 Å². The molecule has 0 saturated carbocycles. The van der Waals surface area contributed by atoms with Gasteiger partial charge in [0.05, 0.1) is 12.8 Å². The summed E-state index contributed by atoms with van der Waals surface area (Å²) >= 11 is 1.57. The molecule has 1 aromatic heterocycles. The molecule has 0 spiro atoms. The molecule has 0 aliphatic heterocycles. The third-order valence-corrected chi connectivity index (χ3v) is 2.15. The predicted molar refractivity (Wildman–Crippen MR) is 53.1 cm³/mol. The van der Waals surface area contributed by atoms with E-state index < -0.39 is 0 Å². The molecule has 0 fully saturated rings. The number of nitrogens with zero attached hydrogens (tertiary/aromatic N) is 2. The number of methoxy groups -OCH3 is 1. The van der Waals surface area contributed by atoms with Crippen LogP contribution in [0.4, 0.5) is 0 Å². The summed E-state index contributed by atoms with van der Waals surface area (Å²) in [7, 11) is 1.56. The number of thioether (sulfide) groups is 1. The van der Waals surface area contributed by atoms with Crippen LogP contribution in [-0.2, 0) is 6.42 Å². The van der Waals surface area contributed by atoms with E-state index in [4.69, 9.17) is 10.5 Å². The van der Waals surface area contributed by atoms with Crippen molar-refractivity contribution in [2.75, 3.05) is 19.9 Å². The van der Waals surface area contributed by atoms with E-state index in [2.05, 4.69) is 9.97 Å². The van der Waals surface area contributed by atoms with Gasteiger partial charge in [0, 0.05) is 6.42 Å². The van der Waals surface area contributed by atoms with Gasteiger partial charge in [0.1, 0.15) is 5.03 Å². The van der Waals surface area contributed by atoms with Crippen LogP contribution in [0.5, 0.6) is 6.01 Å². The third kappa shape index (κ3) is 2.86. The van der Waals surface area contributed by atoms with E-state index in [1.807, 2.05) is 12.3 Å². The third-order valence-electron chi connectivity index (χ3n) is 1.53. The monoisotopic (exact) mass is 199 g/mol. The highest BCUT2D eigenvalue weighted by molar-refractivity contribution is 7.98. The predicted octanol–water partition coefficient (Wildman–Crippen LogP) is 0.708. The highest BCUT2D eigenvalue weighted by Crippen LogP contribution is 2.15. The van der Waals surface area contributed by atoms with Crippen molar-refractivity contribution in [1.29, 1.82) is 0 Å². The van der Waals surface area contributed by atoms with Crippen LogP contribution in [0.1, 0.15) is 5.69 Å². The first kappa shape index (κ1) is 10.3. The Hall–Kier alpha value is -0.810. The lowest BCUT2D eigenvalue weighted by Crippen LogP contribution is -2.06. The fourth-order valence-electron chi connectivity index (χ4n) is 0.921. The Labute approximate surface area is 81.9 Å². The maximum Gasteiger partial charge on any atom is 0.317 e. The number of hydrogen-bond donors (Lipinski definition) is 1. The van der Waals surface area contributed by atoms with Crippen LogP contribution in [-0.4, -0.2) is 29.9 Å². The molecule has 0 bridgehead atoms. The molecule has 2 N–H and O–H groups in total. The minimum absolute atomic E-state index is 0.412. The molecule has 0 aromatic carbocycles. The molecule has 72 valence electrons. The second kappa shape index (κ2) is 5.04. The van der Waals surface area contributed by atoms with Crippen LogP contribution >= 0.6 is 11.8 Å². The fourth-order valence-corrected chi connectivity index (χ4v) is 1.34. The van der Waals surface area contributed by atoms with Crippen molar-refractivity contribution in [2.45, 2.75) is 11.4 Å². The molecule has 1 heterocycles. The van der Waals surface area contributed by atoms with Crippen molar-refractivity contribution in [3.63, 3.8) is 0 Å². The van der Waals surface area contributed by atoms with E-state index >= 15 is 0 Å². The van der Waals surface area contributed by atoms with Gasteiger partial charge in [0.25, 0.3) is 0 Å². The molecule has 0 radical (unpaired) electrons. The van der Waals surface area contributed by atoms with Crippen molar-refractivity contribution < 1.29 is 4.74 Å². The average molecular weight is 199 g/mol. The first-order chi connectivity index (χ1) is 6.30. The molecule has 5 heteroatoms. The Morgan fingerprint density at radius 3 is 2.85 bits per heavy atom. The smallest absolute Gasteiger partial charge is 0.317 e. The van der Waals surface area contributed by atoms with Gasteiger partial charge < -0.3 is 10.5 Å².